The Kier molecular flexibility index (Phi) is 7.42. The fourth-order valence-corrected chi connectivity index (χ4v) is 1.85. The highest BCUT2D eigenvalue weighted by molar-refractivity contribution is 5.97. The minimum Gasteiger partial charge on any atom is -0.479 e. The Hall–Kier alpha value is -2.57. The molecule has 7 nitrogen and oxygen atoms in total. The maximum absolute atomic E-state index is 12.2. The van der Waals surface area contributed by atoms with Gasteiger partial charge in [-0.1, -0.05) is 25.1 Å². The van der Waals surface area contributed by atoms with Crippen LogP contribution in [-0.2, 0) is 14.3 Å². The summed E-state index contributed by atoms with van der Waals surface area (Å²) in [6.45, 7) is 8.52. The molecule has 0 aliphatic carbocycles. The maximum Gasteiger partial charge on any atom is 0.348 e. The van der Waals surface area contributed by atoms with Crippen molar-refractivity contribution in [3.63, 3.8) is 0 Å². The van der Waals surface area contributed by atoms with Gasteiger partial charge in [-0.2, -0.15) is 0 Å². The fourth-order valence-electron chi connectivity index (χ4n) is 1.85. The molecule has 1 aromatic rings. The van der Waals surface area contributed by atoms with Crippen molar-refractivity contribution in [1.82, 2.24) is 10.6 Å². The van der Waals surface area contributed by atoms with Crippen molar-refractivity contribution in [2.75, 3.05) is 0 Å². The summed E-state index contributed by atoms with van der Waals surface area (Å²) in [7, 11) is 0. The molecule has 0 spiro atoms. The van der Waals surface area contributed by atoms with Gasteiger partial charge in [0.05, 0.1) is 0 Å². The molecule has 7 heteroatoms. The summed E-state index contributed by atoms with van der Waals surface area (Å²) in [4.78, 5) is 35.8. The monoisotopic (exact) mass is 350 g/mol. The van der Waals surface area contributed by atoms with Crippen molar-refractivity contribution in [3.8, 4) is 5.75 Å². The number of imide groups is 1. The summed E-state index contributed by atoms with van der Waals surface area (Å²) in [5, 5.41) is 4.73. The Balaban J connectivity index is 2.55. The second kappa shape index (κ2) is 9.05. The van der Waals surface area contributed by atoms with Crippen LogP contribution in [0, 0.1) is 0 Å². The molecule has 1 rings (SSSR count). The average molecular weight is 350 g/mol. The number of urea groups is 1. The number of esters is 1. The summed E-state index contributed by atoms with van der Waals surface area (Å²) in [5.74, 6) is -0.831. The molecule has 2 N–H and O–H groups in total. The number of hydrogen-bond donors (Lipinski definition) is 2. The first-order valence-electron chi connectivity index (χ1n) is 8.17. The van der Waals surface area contributed by atoms with Gasteiger partial charge in [0.2, 0.25) is 0 Å². The second-order valence-electron chi connectivity index (χ2n) is 6.60. The Morgan fingerprint density at radius 3 is 2.24 bits per heavy atom. The average Bonchev–Trinajstić information content (AvgIpc) is 2.51. The number of carbonyl (C=O) groups excluding carboxylic acids is 3. The standard InChI is InChI=1S/C18H26N2O5/c1-6-14(25-13-10-8-7-9-11-13)16(22)24-12(2)15(21)19-17(23)20-18(3,4)5/h7-12,14H,6H2,1-5H3,(H2,19,20,21,23)/t12-,14-/m1/s1. The van der Waals surface area contributed by atoms with Crippen LogP contribution in [0.2, 0.25) is 0 Å². The van der Waals surface area contributed by atoms with Crippen molar-refractivity contribution in [1.29, 1.82) is 0 Å². The number of ether oxygens (including phenoxy) is 2. The summed E-state index contributed by atoms with van der Waals surface area (Å²) >= 11 is 0. The van der Waals surface area contributed by atoms with Gasteiger partial charge < -0.3 is 14.8 Å². The minimum atomic E-state index is -1.12. The van der Waals surface area contributed by atoms with Crippen molar-refractivity contribution >= 4 is 17.9 Å². The summed E-state index contributed by atoms with van der Waals surface area (Å²) < 4.78 is 10.7. The molecule has 0 saturated carbocycles. The quantitative estimate of drug-likeness (QED) is 0.769. The number of para-hydroxylation sites is 1. The largest absolute Gasteiger partial charge is 0.479 e. The van der Waals surface area contributed by atoms with Crippen LogP contribution in [0.4, 0.5) is 4.79 Å². The first-order chi connectivity index (χ1) is 11.6. The van der Waals surface area contributed by atoms with Gasteiger partial charge in [-0.25, -0.2) is 9.59 Å². The number of rotatable bonds is 6. The molecule has 0 aliphatic rings. The smallest absolute Gasteiger partial charge is 0.348 e. The first-order valence-corrected chi connectivity index (χ1v) is 8.17. The van der Waals surface area contributed by atoms with E-state index in [1.165, 1.54) is 6.92 Å². The molecule has 138 valence electrons. The highest BCUT2D eigenvalue weighted by atomic mass is 16.6. The lowest BCUT2D eigenvalue weighted by atomic mass is 10.1. The molecule has 25 heavy (non-hydrogen) atoms. The van der Waals surface area contributed by atoms with Gasteiger partial charge in [0.25, 0.3) is 5.91 Å². The van der Waals surface area contributed by atoms with E-state index in [4.69, 9.17) is 9.47 Å². The van der Waals surface area contributed by atoms with Gasteiger partial charge in [-0.15, -0.1) is 0 Å². The van der Waals surface area contributed by atoms with Crippen LogP contribution in [0.25, 0.3) is 0 Å². The Labute approximate surface area is 148 Å². The molecule has 3 amide bonds. The van der Waals surface area contributed by atoms with E-state index in [1.807, 2.05) is 6.07 Å². The van der Waals surface area contributed by atoms with E-state index in [2.05, 4.69) is 10.6 Å². The Morgan fingerprint density at radius 1 is 1.12 bits per heavy atom. The molecule has 0 fully saturated rings. The lowest BCUT2D eigenvalue weighted by Crippen LogP contribution is -2.51. The zero-order valence-electron chi connectivity index (χ0n) is 15.3. The summed E-state index contributed by atoms with van der Waals surface area (Å²) in [5.41, 5.74) is -0.485. The van der Waals surface area contributed by atoms with Crippen LogP contribution in [0.3, 0.4) is 0 Å². The lowest BCUT2D eigenvalue weighted by Gasteiger charge is -2.22. The summed E-state index contributed by atoms with van der Waals surface area (Å²) in [6, 6.07) is 8.22. The third-order valence-corrected chi connectivity index (χ3v) is 3.04. The van der Waals surface area contributed by atoms with E-state index in [1.54, 1.807) is 52.0 Å². The van der Waals surface area contributed by atoms with E-state index in [0.29, 0.717) is 12.2 Å². The predicted octanol–water partition coefficient (Wildman–Crippen LogP) is 2.40. The van der Waals surface area contributed by atoms with Crippen molar-refractivity contribution in [2.24, 2.45) is 0 Å². The van der Waals surface area contributed by atoms with E-state index in [9.17, 15) is 14.4 Å². The number of carbonyl (C=O) groups is 3. The molecule has 0 aliphatic heterocycles. The van der Waals surface area contributed by atoms with E-state index in [-0.39, 0.29) is 0 Å². The van der Waals surface area contributed by atoms with Gasteiger partial charge in [0, 0.05) is 5.54 Å². The zero-order chi connectivity index (χ0) is 19.0. The van der Waals surface area contributed by atoms with E-state index >= 15 is 0 Å². The highest BCUT2D eigenvalue weighted by Crippen LogP contribution is 2.14. The molecular weight excluding hydrogens is 324 g/mol. The fraction of sp³-hybridized carbons (Fsp3) is 0.500. The van der Waals surface area contributed by atoms with Gasteiger partial charge >= 0.3 is 12.0 Å². The third kappa shape index (κ3) is 7.69. The van der Waals surface area contributed by atoms with Crippen LogP contribution >= 0.6 is 0 Å². The van der Waals surface area contributed by atoms with Crippen molar-refractivity contribution in [2.45, 2.75) is 58.8 Å². The van der Waals surface area contributed by atoms with Gasteiger partial charge in [-0.05, 0) is 46.2 Å². The SMILES string of the molecule is CC[C@@H](Oc1ccccc1)C(=O)O[C@H](C)C(=O)NC(=O)NC(C)(C)C. The normalized spacial score (nSPS) is 13.3. The van der Waals surface area contributed by atoms with Crippen LogP contribution < -0.4 is 15.4 Å². The van der Waals surface area contributed by atoms with E-state index < -0.39 is 35.7 Å². The minimum absolute atomic E-state index is 0.382. The molecular formula is C18H26N2O5. The van der Waals surface area contributed by atoms with Crippen LogP contribution in [0.5, 0.6) is 5.75 Å². The topological polar surface area (TPSA) is 93.7 Å². The molecule has 0 aromatic heterocycles. The molecule has 1 aromatic carbocycles. The zero-order valence-corrected chi connectivity index (χ0v) is 15.3. The Morgan fingerprint density at radius 2 is 1.72 bits per heavy atom. The number of amides is 3. The third-order valence-electron chi connectivity index (χ3n) is 3.04. The van der Waals surface area contributed by atoms with Crippen molar-refractivity contribution < 1.29 is 23.9 Å². The van der Waals surface area contributed by atoms with Crippen LogP contribution in [-0.4, -0.2) is 35.7 Å². The lowest BCUT2D eigenvalue weighted by molar-refractivity contribution is -0.161. The van der Waals surface area contributed by atoms with Gasteiger partial charge in [0.15, 0.2) is 12.2 Å². The molecule has 0 saturated heterocycles. The predicted molar refractivity (Wildman–Crippen MR) is 93.1 cm³/mol. The van der Waals surface area contributed by atoms with Gasteiger partial charge in [-0.3, -0.25) is 10.1 Å². The molecule has 0 radical (unpaired) electrons. The van der Waals surface area contributed by atoms with Crippen molar-refractivity contribution in [3.05, 3.63) is 30.3 Å². The number of hydrogen-bond acceptors (Lipinski definition) is 5. The number of benzene rings is 1. The second-order valence-corrected chi connectivity index (χ2v) is 6.60. The van der Waals surface area contributed by atoms with Gasteiger partial charge in [0.1, 0.15) is 5.75 Å². The molecule has 0 bridgehead atoms. The van der Waals surface area contributed by atoms with Crippen LogP contribution in [0.15, 0.2) is 30.3 Å². The Bertz CT molecular complexity index is 595. The molecule has 2 atom stereocenters. The number of nitrogens with one attached hydrogen (secondary N) is 2. The highest BCUT2D eigenvalue weighted by Gasteiger charge is 2.26. The maximum atomic E-state index is 12.2. The first kappa shape index (κ1) is 20.5. The summed E-state index contributed by atoms with van der Waals surface area (Å²) in [6.07, 6.45) is -1.57. The molecule has 0 unspecified atom stereocenters. The molecule has 0 heterocycles. The van der Waals surface area contributed by atoms with E-state index in [0.717, 1.165) is 0 Å². The van der Waals surface area contributed by atoms with Crippen LogP contribution in [0.1, 0.15) is 41.0 Å².